The normalized spacial score (nSPS) is 17.3. The minimum Gasteiger partial charge on any atom is -0.493 e. The van der Waals surface area contributed by atoms with Crippen molar-refractivity contribution < 1.29 is 24.2 Å². The fourth-order valence-corrected chi connectivity index (χ4v) is 3.95. The number of halogens is 1. The lowest BCUT2D eigenvalue weighted by Gasteiger charge is -2.14. The first-order chi connectivity index (χ1) is 14.8. The molecule has 3 rings (SSSR count). The van der Waals surface area contributed by atoms with Crippen molar-refractivity contribution in [3.05, 3.63) is 58.0 Å². The second kappa shape index (κ2) is 9.89. The molecule has 1 amide bonds. The van der Waals surface area contributed by atoms with Gasteiger partial charge >= 0.3 is 5.97 Å². The highest BCUT2D eigenvalue weighted by molar-refractivity contribution is 8.18. The summed E-state index contributed by atoms with van der Waals surface area (Å²) in [4.78, 5) is 30.6. The van der Waals surface area contributed by atoms with Gasteiger partial charge in [0.1, 0.15) is 0 Å². The Labute approximate surface area is 189 Å². The van der Waals surface area contributed by atoms with Gasteiger partial charge in [-0.1, -0.05) is 17.7 Å². The van der Waals surface area contributed by atoms with Gasteiger partial charge in [0.15, 0.2) is 22.8 Å². The fraction of sp³-hybridized carbons (Fsp3) is 0.227. The molecule has 1 aliphatic rings. The Balaban J connectivity index is 1.88. The number of carboxylic acids is 1. The van der Waals surface area contributed by atoms with Gasteiger partial charge in [0.2, 0.25) is 0 Å². The maximum atomic E-state index is 12.9. The molecule has 0 aliphatic carbocycles. The number of carboxylic acid groups (broad SMARTS) is 1. The van der Waals surface area contributed by atoms with Crippen molar-refractivity contribution in [1.29, 1.82) is 0 Å². The van der Waals surface area contributed by atoms with Crippen molar-refractivity contribution in [1.82, 2.24) is 4.90 Å². The Morgan fingerprint density at radius 2 is 1.97 bits per heavy atom. The number of hydrogen-bond donors (Lipinski definition) is 1. The molecular weight excluding hydrogens is 440 g/mol. The third kappa shape index (κ3) is 5.39. The largest absolute Gasteiger partial charge is 0.493 e. The molecule has 1 aliphatic heterocycles. The summed E-state index contributed by atoms with van der Waals surface area (Å²) in [5.74, 6) is -0.530. The van der Waals surface area contributed by atoms with E-state index in [2.05, 4.69) is 4.99 Å². The summed E-state index contributed by atoms with van der Waals surface area (Å²) < 4.78 is 10.7. The van der Waals surface area contributed by atoms with Crippen LogP contribution in [0.2, 0.25) is 5.02 Å². The number of hydrogen-bond acceptors (Lipinski definition) is 6. The van der Waals surface area contributed by atoms with E-state index in [-0.39, 0.29) is 5.91 Å². The Hall–Kier alpha value is -2.97. The number of rotatable bonds is 7. The standard InChI is InChI=1S/C22H21ClN2O5S/c1-4-25-20(26)19(31-22(25)24-16-8-6-15(23)7-9-16)12-14-5-10-17(18(11-14)29-3)30-13(2)21(27)28/h5-13H,4H2,1-3H3,(H,27,28)/b19-12-,24-22?/t13-/m0/s1. The zero-order valence-electron chi connectivity index (χ0n) is 17.2. The van der Waals surface area contributed by atoms with E-state index in [0.29, 0.717) is 44.4 Å². The highest BCUT2D eigenvalue weighted by Gasteiger charge is 2.32. The van der Waals surface area contributed by atoms with E-state index >= 15 is 0 Å². The maximum Gasteiger partial charge on any atom is 0.344 e. The van der Waals surface area contributed by atoms with Crippen molar-refractivity contribution in [2.75, 3.05) is 13.7 Å². The lowest BCUT2D eigenvalue weighted by molar-refractivity contribution is -0.144. The van der Waals surface area contributed by atoms with Gasteiger partial charge < -0.3 is 14.6 Å². The Kier molecular flexibility index (Phi) is 7.25. The van der Waals surface area contributed by atoms with Crippen LogP contribution in [0.5, 0.6) is 11.5 Å². The van der Waals surface area contributed by atoms with Crippen LogP contribution >= 0.6 is 23.4 Å². The first-order valence-electron chi connectivity index (χ1n) is 9.45. The minimum absolute atomic E-state index is 0.140. The Morgan fingerprint density at radius 3 is 2.58 bits per heavy atom. The van der Waals surface area contributed by atoms with Gasteiger partial charge in [-0.2, -0.15) is 0 Å². The molecular formula is C22H21ClN2O5S. The van der Waals surface area contributed by atoms with Crippen molar-refractivity contribution in [2.24, 2.45) is 4.99 Å². The number of nitrogens with zero attached hydrogens (tertiary/aromatic N) is 2. The molecule has 0 unspecified atom stereocenters. The summed E-state index contributed by atoms with van der Waals surface area (Å²) in [5.41, 5.74) is 1.42. The quantitative estimate of drug-likeness (QED) is 0.595. The summed E-state index contributed by atoms with van der Waals surface area (Å²) in [6.07, 6.45) is 0.724. The van der Waals surface area contributed by atoms with Gasteiger partial charge in [0.25, 0.3) is 5.91 Å². The number of carbonyl (C=O) groups is 2. The molecule has 31 heavy (non-hydrogen) atoms. The lowest BCUT2D eigenvalue weighted by atomic mass is 10.2. The highest BCUT2D eigenvalue weighted by atomic mass is 35.5. The van der Waals surface area contributed by atoms with E-state index in [0.717, 1.165) is 0 Å². The van der Waals surface area contributed by atoms with Gasteiger partial charge in [-0.3, -0.25) is 9.69 Å². The zero-order chi connectivity index (χ0) is 22.5. The van der Waals surface area contributed by atoms with Gasteiger partial charge in [0, 0.05) is 11.6 Å². The predicted molar refractivity (Wildman–Crippen MR) is 122 cm³/mol. The van der Waals surface area contributed by atoms with Crippen LogP contribution in [0.3, 0.4) is 0 Å². The minimum atomic E-state index is -1.08. The number of likely N-dealkylation sites (N-methyl/N-ethyl adjacent to an activating group) is 1. The van der Waals surface area contributed by atoms with Crippen LogP contribution in [0.4, 0.5) is 5.69 Å². The third-order valence-corrected chi connectivity index (χ3v) is 5.65. The number of thioether (sulfide) groups is 1. The number of benzene rings is 2. The molecule has 1 atom stereocenters. The van der Waals surface area contributed by atoms with E-state index < -0.39 is 12.1 Å². The first-order valence-corrected chi connectivity index (χ1v) is 10.6. The molecule has 2 aromatic carbocycles. The Bertz CT molecular complexity index is 1050. The van der Waals surface area contributed by atoms with E-state index in [1.807, 2.05) is 6.92 Å². The van der Waals surface area contributed by atoms with Crippen LogP contribution in [0, 0.1) is 0 Å². The van der Waals surface area contributed by atoms with Gasteiger partial charge in [0.05, 0.1) is 17.7 Å². The summed E-state index contributed by atoms with van der Waals surface area (Å²) in [5, 5.41) is 10.2. The number of carbonyl (C=O) groups excluding carboxylic acids is 1. The van der Waals surface area contributed by atoms with E-state index in [9.17, 15) is 9.59 Å². The topological polar surface area (TPSA) is 88.4 Å². The number of amides is 1. The van der Waals surface area contributed by atoms with Gasteiger partial charge in [-0.05, 0) is 73.6 Å². The van der Waals surface area contributed by atoms with E-state index in [1.165, 1.54) is 25.8 Å². The van der Waals surface area contributed by atoms with E-state index in [4.69, 9.17) is 26.2 Å². The molecule has 162 valence electrons. The van der Waals surface area contributed by atoms with Crippen molar-refractivity contribution in [3.8, 4) is 11.5 Å². The van der Waals surface area contributed by atoms with Crippen LogP contribution in [0.1, 0.15) is 19.4 Å². The third-order valence-electron chi connectivity index (χ3n) is 4.39. The first kappa shape index (κ1) is 22.7. The molecule has 9 heteroatoms. The summed E-state index contributed by atoms with van der Waals surface area (Å²) in [7, 11) is 1.47. The van der Waals surface area contributed by atoms with E-state index in [1.54, 1.807) is 53.4 Å². The fourth-order valence-electron chi connectivity index (χ4n) is 2.76. The van der Waals surface area contributed by atoms with Crippen LogP contribution in [-0.4, -0.2) is 46.8 Å². The molecule has 0 spiro atoms. The van der Waals surface area contributed by atoms with Gasteiger partial charge in [-0.15, -0.1) is 0 Å². The highest BCUT2D eigenvalue weighted by Crippen LogP contribution is 2.36. The molecule has 0 aromatic heterocycles. The van der Waals surface area contributed by atoms with Crippen molar-refractivity contribution >= 4 is 52.2 Å². The second-order valence-electron chi connectivity index (χ2n) is 6.54. The maximum absolute atomic E-state index is 12.9. The molecule has 0 saturated carbocycles. The molecule has 0 bridgehead atoms. The summed E-state index contributed by atoms with van der Waals surface area (Å²) in [6.45, 7) is 3.81. The predicted octanol–water partition coefficient (Wildman–Crippen LogP) is 4.82. The molecule has 7 nitrogen and oxygen atoms in total. The lowest BCUT2D eigenvalue weighted by Crippen LogP contribution is -2.28. The average molecular weight is 461 g/mol. The number of methoxy groups -OCH3 is 1. The smallest absolute Gasteiger partial charge is 0.344 e. The number of aliphatic carboxylic acids is 1. The van der Waals surface area contributed by atoms with Crippen LogP contribution in [-0.2, 0) is 9.59 Å². The molecule has 0 radical (unpaired) electrons. The number of ether oxygens (including phenoxy) is 2. The average Bonchev–Trinajstić information content (AvgIpc) is 3.04. The van der Waals surface area contributed by atoms with Crippen LogP contribution in [0.15, 0.2) is 52.4 Å². The van der Waals surface area contributed by atoms with Crippen molar-refractivity contribution in [2.45, 2.75) is 20.0 Å². The number of amidine groups is 1. The molecule has 1 heterocycles. The molecule has 1 N–H and O–H groups in total. The van der Waals surface area contributed by atoms with Crippen LogP contribution < -0.4 is 9.47 Å². The SMILES string of the molecule is CCN1C(=O)/C(=C/c2ccc(O[C@@H](C)C(=O)O)c(OC)c2)SC1=Nc1ccc(Cl)cc1. The Morgan fingerprint density at radius 1 is 1.26 bits per heavy atom. The molecule has 1 fully saturated rings. The molecule has 1 saturated heterocycles. The van der Waals surface area contributed by atoms with Crippen molar-refractivity contribution in [3.63, 3.8) is 0 Å². The summed E-state index contributed by atoms with van der Waals surface area (Å²) in [6, 6.07) is 12.1. The zero-order valence-corrected chi connectivity index (χ0v) is 18.7. The number of aliphatic imine (C=N–C) groups is 1. The van der Waals surface area contributed by atoms with Gasteiger partial charge in [-0.25, -0.2) is 9.79 Å². The summed E-state index contributed by atoms with van der Waals surface area (Å²) >= 11 is 7.21. The second-order valence-corrected chi connectivity index (χ2v) is 7.99. The molecule has 2 aromatic rings. The van der Waals surface area contributed by atoms with Crippen LogP contribution in [0.25, 0.3) is 6.08 Å². The monoisotopic (exact) mass is 460 g/mol.